The van der Waals surface area contributed by atoms with Crippen molar-refractivity contribution in [3.05, 3.63) is 197 Å². The molecule has 0 saturated carbocycles. The number of thiophene rings is 1. The number of aryl methyl sites for hydroxylation is 2. The third-order valence-electron chi connectivity index (χ3n) is 14.2. The quantitative estimate of drug-likeness (QED) is 0.112. The van der Waals surface area contributed by atoms with E-state index in [0.717, 1.165) is 74.2 Å². The van der Waals surface area contributed by atoms with Crippen LogP contribution in [0.5, 0.6) is 0 Å². The summed E-state index contributed by atoms with van der Waals surface area (Å²) >= 11 is 1.77. The van der Waals surface area contributed by atoms with Crippen LogP contribution in [0.2, 0.25) is 19.6 Å². The SMILES string of the molecule is Cc1ccc2ccc3c(c2n1)N(c1c(C2=CC=CCC2)cccc1-c1ccccc1)C(c1[c-]ccc2c1sc1nc(C(C)C(C)C)ccc12)[N-]3.[2H]C([2H])([2H])c1c[c-]c(-c2cc(C(C)(C)C)c([Si](C)(C)C)cn2)c(F)c1.[Ir+3]. The molecule has 4 aromatic heterocycles. The van der Waals surface area contributed by atoms with Crippen molar-refractivity contribution >= 4 is 78.4 Å². The van der Waals surface area contributed by atoms with Crippen LogP contribution in [0.15, 0.2) is 140 Å². The van der Waals surface area contributed by atoms with E-state index in [1.165, 1.54) is 49.0 Å². The summed E-state index contributed by atoms with van der Waals surface area (Å²) < 4.78 is 37.9. The zero-order chi connectivity index (χ0) is 53.1. The molecule has 0 spiro atoms. The van der Waals surface area contributed by atoms with Gasteiger partial charge in [-0.05, 0) is 82.4 Å². The van der Waals surface area contributed by atoms with E-state index in [9.17, 15) is 4.39 Å². The van der Waals surface area contributed by atoms with E-state index >= 15 is 0 Å². The van der Waals surface area contributed by atoms with Crippen molar-refractivity contribution in [2.24, 2.45) is 5.92 Å². The van der Waals surface area contributed by atoms with E-state index in [4.69, 9.17) is 19.4 Å². The minimum Gasteiger partial charge on any atom is -0.661 e. The molecule has 1 aliphatic carbocycles. The molecule has 2 atom stereocenters. The minimum absolute atomic E-state index is 0. The van der Waals surface area contributed by atoms with Gasteiger partial charge in [-0.1, -0.05) is 175 Å². The van der Waals surface area contributed by atoms with E-state index in [1.54, 1.807) is 11.3 Å². The number of anilines is 2. The maximum absolute atomic E-state index is 14.5. The van der Waals surface area contributed by atoms with Crippen molar-refractivity contribution in [3.63, 3.8) is 0 Å². The molecule has 0 N–H and O–H groups in total. The van der Waals surface area contributed by atoms with Gasteiger partial charge in [0.25, 0.3) is 0 Å². The Labute approximate surface area is 454 Å². The molecule has 2 aliphatic rings. The minimum atomic E-state index is -2.35. The van der Waals surface area contributed by atoms with Gasteiger partial charge >= 0.3 is 20.1 Å². The number of para-hydroxylation sites is 1. The van der Waals surface area contributed by atoms with E-state index < -0.39 is 20.7 Å². The number of benzene rings is 5. The largest absolute Gasteiger partial charge is 3.00 e. The number of hydrogen-bond donors (Lipinski definition) is 0. The van der Waals surface area contributed by atoms with Gasteiger partial charge in [-0.15, -0.1) is 40.4 Å². The van der Waals surface area contributed by atoms with Gasteiger partial charge in [0.15, 0.2) is 0 Å². The van der Waals surface area contributed by atoms with Gasteiger partial charge in [0.1, 0.15) is 4.83 Å². The Bertz CT molecular complexity index is 3710. The fourth-order valence-corrected chi connectivity index (χ4v) is 12.9. The second-order valence-corrected chi connectivity index (χ2v) is 27.7. The molecule has 0 fully saturated rings. The molecule has 0 radical (unpaired) electrons. The maximum atomic E-state index is 14.5. The third-order valence-corrected chi connectivity index (χ3v) is 17.3. The number of rotatable bonds is 8. The molecule has 1 aliphatic heterocycles. The number of pyridine rings is 3. The first kappa shape index (κ1) is 47.9. The van der Waals surface area contributed by atoms with Crippen molar-refractivity contribution < 1.29 is 28.6 Å². The second-order valence-electron chi connectivity index (χ2n) is 21.6. The molecule has 9 heteroatoms. The number of fused-ring (bicyclic) bond motifs is 6. The Balaban J connectivity index is 0.000000230. The Hall–Kier alpha value is -6.09. The molecule has 5 heterocycles. The molecule has 0 saturated heterocycles. The Morgan fingerprint density at radius 1 is 0.877 bits per heavy atom. The Morgan fingerprint density at radius 3 is 2.37 bits per heavy atom. The number of allylic oxidation sites excluding steroid dienone is 4. The molecular formula is C64H63FIrN5SSi. The first-order chi connectivity index (χ1) is 35.7. The Kier molecular flexibility index (Phi) is 13.6. The topological polar surface area (TPSA) is 56.0 Å². The fourth-order valence-electron chi connectivity index (χ4n) is 10.0. The van der Waals surface area contributed by atoms with Crippen molar-refractivity contribution in [1.82, 2.24) is 15.0 Å². The van der Waals surface area contributed by atoms with Crippen LogP contribution < -0.4 is 10.1 Å². The van der Waals surface area contributed by atoms with Crippen LogP contribution in [0.25, 0.3) is 64.5 Å². The van der Waals surface area contributed by atoms with Gasteiger partial charge in [-0.25, -0.2) is 4.98 Å². The van der Waals surface area contributed by atoms with Crippen molar-refractivity contribution in [2.75, 3.05) is 4.90 Å². The number of aromatic nitrogens is 3. The van der Waals surface area contributed by atoms with Gasteiger partial charge in [-0.2, -0.15) is 29.5 Å². The smallest absolute Gasteiger partial charge is 0.661 e. The van der Waals surface area contributed by atoms with Crippen molar-refractivity contribution in [3.8, 4) is 22.4 Å². The zero-order valence-corrected chi connectivity index (χ0v) is 47.5. The molecule has 5 aromatic carbocycles. The predicted molar refractivity (Wildman–Crippen MR) is 307 cm³/mol. The number of hydrogen-bond acceptors (Lipinski definition) is 5. The maximum Gasteiger partial charge on any atom is 3.00 e. The molecule has 73 heavy (non-hydrogen) atoms. The molecule has 9 aromatic rings. The van der Waals surface area contributed by atoms with E-state index in [1.807, 2.05) is 12.3 Å². The van der Waals surface area contributed by atoms with E-state index in [0.29, 0.717) is 17.5 Å². The predicted octanol–water partition coefficient (Wildman–Crippen LogP) is 18.0. The monoisotopic (exact) mass is 1180 g/mol. The normalized spacial score (nSPS) is 15.7. The van der Waals surface area contributed by atoms with Crippen LogP contribution >= 0.6 is 11.3 Å². The molecule has 0 bridgehead atoms. The van der Waals surface area contributed by atoms with Crippen molar-refractivity contribution in [2.45, 2.75) is 105 Å². The third kappa shape index (κ3) is 10.1. The summed E-state index contributed by atoms with van der Waals surface area (Å²) in [5.74, 6) is 0.289. The standard InChI is InChI=1S/C45H38N4S.C19H25FNSi.Ir/c1-27(2)29(4)38-26-24-36-35-19-12-20-37(43(35)50-45(36)48-38)44-47-39-25-23-32-22-21-28(3)46-40(32)42(39)49(44)41-33(30-13-7-5-8-14-30)17-11-18-34(41)31-15-9-6-10-16-31;1-13-8-9-14(16(20)10-13)17-11-15(19(2,3)4)18(12-21-17)22(5,6)7;/h5-9,11-15,17-19,21-27,29,44H,10,16H2,1-4H3;8,10-12H,1-7H3;/q-2;-1;+3/i;1D3;. The summed E-state index contributed by atoms with van der Waals surface area (Å²) in [5.41, 5.74) is 13.9. The molecule has 0 amide bonds. The average molecular weight is 1180 g/mol. The molecular weight excluding hydrogens is 1110 g/mol. The van der Waals surface area contributed by atoms with Crippen LogP contribution in [0.4, 0.5) is 21.5 Å². The number of halogens is 1. The summed E-state index contributed by atoms with van der Waals surface area (Å²) in [6.45, 7) is 19.7. The fraction of sp³-hybridized carbons (Fsp3) is 0.266. The van der Waals surface area contributed by atoms with Crippen LogP contribution in [0.1, 0.15) is 104 Å². The Morgan fingerprint density at radius 2 is 1.66 bits per heavy atom. The number of nitrogens with zero attached hydrogens (tertiary/aromatic N) is 5. The molecule has 370 valence electrons. The van der Waals surface area contributed by atoms with Gasteiger partial charge in [0.05, 0.1) is 25.0 Å². The summed E-state index contributed by atoms with van der Waals surface area (Å²) in [5, 5.41) is 10.3. The molecule has 5 nitrogen and oxygen atoms in total. The first-order valence-corrected chi connectivity index (χ1v) is 29.4. The zero-order valence-electron chi connectivity index (χ0n) is 46.3. The van der Waals surface area contributed by atoms with E-state index in [2.05, 4.69) is 205 Å². The first-order valence-electron chi connectivity index (χ1n) is 26.6. The molecule has 2 unspecified atom stereocenters. The second kappa shape index (κ2) is 20.7. The van der Waals surface area contributed by atoms with Gasteiger partial charge in [0.2, 0.25) is 0 Å². The van der Waals surface area contributed by atoms with Crippen LogP contribution in [0.3, 0.4) is 0 Å². The summed E-state index contributed by atoms with van der Waals surface area (Å²) in [4.78, 5) is 18.4. The summed E-state index contributed by atoms with van der Waals surface area (Å²) in [7, 11) is -1.60. The van der Waals surface area contributed by atoms with Gasteiger partial charge in [0, 0.05) is 49.9 Å². The van der Waals surface area contributed by atoms with Gasteiger partial charge < -0.3 is 15.2 Å². The van der Waals surface area contributed by atoms with Crippen LogP contribution in [-0.2, 0) is 25.5 Å². The van der Waals surface area contributed by atoms with Crippen molar-refractivity contribution in [1.29, 1.82) is 0 Å². The average Bonchev–Trinajstić information content (AvgIpc) is 4.09. The van der Waals surface area contributed by atoms with E-state index in [-0.39, 0.29) is 42.8 Å². The van der Waals surface area contributed by atoms with Gasteiger partial charge in [-0.3, -0.25) is 9.37 Å². The van der Waals surface area contributed by atoms with Crippen LogP contribution in [-0.4, -0.2) is 23.0 Å². The van der Waals surface area contributed by atoms with Crippen LogP contribution in [0, 0.1) is 37.6 Å². The molecule has 11 rings (SSSR count). The summed E-state index contributed by atoms with van der Waals surface area (Å²) in [6, 6.07) is 45.7. The summed E-state index contributed by atoms with van der Waals surface area (Å²) in [6.07, 6.45) is 10.2.